The molecule has 0 heterocycles. The molecule has 3 rings (SSSR count). The first-order valence-electron chi connectivity index (χ1n) is 8.45. The van der Waals surface area contributed by atoms with E-state index in [2.05, 4.69) is 48.5 Å². The lowest BCUT2D eigenvalue weighted by Crippen LogP contribution is -2.27. The normalized spacial score (nSPS) is 20.6. The van der Waals surface area contributed by atoms with E-state index < -0.39 is 0 Å². The standard InChI is InChI=1S/C21H23O2/c1-2-23-21(22)19-15-9-14-18(19)20(16-10-5-3-6-11-16)17-12-7-4-8-13-17/h3-8,10-13,18-19H,2,9,14-15H2,1H3. The van der Waals surface area contributed by atoms with Crippen molar-refractivity contribution < 1.29 is 9.53 Å². The van der Waals surface area contributed by atoms with Crippen molar-refractivity contribution >= 4 is 5.97 Å². The fraction of sp³-hybridized carbons (Fsp3) is 0.333. The monoisotopic (exact) mass is 307 g/mol. The van der Waals surface area contributed by atoms with E-state index in [0.717, 1.165) is 19.3 Å². The van der Waals surface area contributed by atoms with E-state index in [0.29, 0.717) is 6.61 Å². The van der Waals surface area contributed by atoms with Crippen molar-refractivity contribution in [2.24, 2.45) is 11.8 Å². The Bertz CT molecular complexity index is 581. The van der Waals surface area contributed by atoms with Crippen LogP contribution in [0.25, 0.3) is 0 Å². The van der Waals surface area contributed by atoms with Crippen LogP contribution >= 0.6 is 0 Å². The summed E-state index contributed by atoms with van der Waals surface area (Å²) in [6.07, 6.45) is 3.05. The number of carbonyl (C=O) groups is 1. The third-order valence-corrected chi connectivity index (χ3v) is 4.65. The minimum absolute atomic E-state index is 0.0228. The number of carbonyl (C=O) groups excluding carboxylic acids is 1. The van der Waals surface area contributed by atoms with Crippen molar-refractivity contribution in [3.63, 3.8) is 0 Å². The molecule has 2 unspecified atom stereocenters. The van der Waals surface area contributed by atoms with E-state index >= 15 is 0 Å². The Hall–Kier alpha value is -2.09. The van der Waals surface area contributed by atoms with E-state index in [4.69, 9.17) is 4.74 Å². The summed E-state index contributed by atoms with van der Waals surface area (Å²) >= 11 is 0. The average molecular weight is 307 g/mol. The van der Waals surface area contributed by atoms with Gasteiger partial charge >= 0.3 is 5.97 Å². The molecule has 0 N–H and O–H groups in total. The molecule has 2 atom stereocenters. The quantitative estimate of drug-likeness (QED) is 0.752. The lowest BCUT2D eigenvalue weighted by Gasteiger charge is -2.28. The molecule has 0 bridgehead atoms. The number of rotatable bonds is 5. The molecular formula is C21H23O2. The highest BCUT2D eigenvalue weighted by Gasteiger charge is 2.40. The van der Waals surface area contributed by atoms with E-state index in [9.17, 15) is 4.79 Å². The lowest BCUT2D eigenvalue weighted by atomic mass is 9.76. The highest BCUT2D eigenvalue weighted by Crippen LogP contribution is 2.44. The van der Waals surface area contributed by atoms with Gasteiger partial charge in [-0.2, -0.15) is 0 Å². The van der Waals surface area contributed by atoms with Crippen molar-refractivity contribution in [2.75, 3.05) is 6.61 Å². The Balaban J connectivity index is 1.97. The summed E-state index contributed by atoms with van der Waals surface area (Å²) in [5.74, 6) is 1.45. The first-order valence-corrected chi connectivity index (χ1v) is 8.45. The second-order valence-corrected chi connectivity index (χ2v) is 6.04. The Kier molecular flexibility index (Phi) is 5.12. The van der Waals surface area contributed by atoms with Crippen molar-refractivity contribution in [3.8, 4) is 0 Å². The molecule has 0 aromatic heterocycles. The molecule has 2 heteroatoms. The summed E-state index contributed by atoms with van der Waals surface area (Å²) in [4.78, 5) is 12.4. The molecule has 2 nitrogen and oxygen atoms in total. The predicted octanol–water partition coefficient (Wildman–Crippen LogP) is 4.64. The molecule has 2 aromatic rings. The van der Waals surface area contributed by atoms with E-state index in [1.807, 2.05) is 19.1 Å². The maximum Gasteiger partial charge on any atom is 0.309 e. The molecule has 0 spiro atoms. The molecule has 1 fully saturated rings. The third kappa shape index (κ3) is 3.47. The number of esters is 1. The molecule has 1 radical (unpaired) electrons. The first kappa shape index (κ1) is 15.8. The van der Waals surface area contributed by atoms with E-state index in [1.54, 1.807) is 0 Å². The van der Waals surface area contributed by atoms with Crippen LogP contribution in [0.3, 0.4) is 0 Å². The van der Waals surface area contributed by atoms with Gasteiger partial charge in [-0.1, -0.05) is 67.1 Å². The average Bonchev–Trinajstić information content (AvgIpc) is 3.07. The zero-order valence-corrected chi connectivity index (χ0v) is 13.6. The van der Waals surface area contributed by atoms with Crippen LogP contribution in [-0.4, -0.2) is 12.6 Å². The summed E-state index contributed by atoms with van der Waals surface area (Å²) in [6, 6.07) is 20.9. The minimum Gasteiger partial charge on any atom is -0.466 e. The van der Waals surface area contributed by atoms with Gasteiger partial charge in [0.2, 0.25) is 0 Å². The van der Waals surface area contributed by atoms with Crippen molar-refractivity contribution in [2.45, 2.75) is 26.2 Å². The zero-order valence-electron chi connectivity index (χ0n) is 13.6. The van der Waals surface area contributed by atoms with Gasteiger partial charge < -0.3 is 4.74 Å². The Labute approximate surface area is 138 Å². The number of benzene rings is 2. The molecule has 2 aromatic carbocycles. The highest BCUT2D eigenvalue weighted by molar-refractivity contribution is 5.74. The maximum atomic E-state index is 12.4. The summed E-state index contributed by atoms with van der Waals surface area (Å²) in [5.41, 5.74) is 2.42. The number of hydrogen-bond donors (Lipinski definition) is 0. The largest absolute Gasteiger partial charge is 0.466 e. The lowest BCUT2D eigenvalue weighted by molar-refractivity contribution is -0.148. The van der Waals surface area contributed by atoms with Crippen LogP contribution in [0.15, 0.2) is 60.7 Å². The first-order chi connectivity index (χ1) is 11.3. The Morgan fingerprint density at radius 1 is 0.913 bits per heavy atom. The van der Waals surface area contributed by atoms with Gasteiger partial charge in [-0.05, 0) is 36.8 Å². The third-order valence-electron chi connectivity index (χ3n) is 4.65. The van der Waals surface area contributed by atoms with Crippen LogP contribution in [0.5, 0.6) is 0 Å². The number of hydrogen-bond acceptors (Lipinski definition) is 2. The Morgan fingerprint density at radius 2 is 1.43 bits per heavy atom. The van der Waals surface area contributed by atoms with Crippen LogP contribution in [0.4, 0.5) is 0 Å². The molecule has 0 aliphatic heterocycles. The van der Waals surface area contributed by atoms with Gasteiger partial charge in [-0.3, -0.25) is 4.79 Å². The van der Waals surface area contributed by atoms with Gasteiger partial charge in [-0.25, -0.2) is 0 Å². The van der Waals surface area contributed by atoms with Gasteiger partial charge in [0.15, 0.2) is 0 Å². The summed E-state index contributed by atoms with van der Waals surface area (Å²) in [5, 5.41) is 0. The van der Waals surface area contributed by atoms with Crippen molar-refractivity contribution in [1.82, 2.24) is 0 Å². The van der Waals surface area contributed by atoms with Crippen molar-refractivity contribution in [1.29, 1.82) is 0 Å². The van der Waals surface area contributed by atoms with Gasteiger partial charge in [0.05, 0.1) is 12.5 Å². The fourth-order valence-corrected chi connectivity index (χ4v) is 3.67. The summed E-state index contributed by atoms with van der Waals surface area (Å²) in [6.45, 7) is 2.33. The smallest absolute Gasteiger partial charge is 0.309 e. The van der Waals surface area contributed by atoms with Gasteiger partial charge in [0.25, 0.3) is 0 Å². The van der Waals surface area contributed by atoms with E-state index in [-0.39, 0.29) is 17.8 Å². The predicted molar refractivity (Wildman–Crippen MR) is 91.8 cm³/mol. The SMILES string of the molecule is CCOC(=O)C1CCCC1[C](c1ccccc1)c1ccccc1. The van der Waals surface area contributed by atoms with Gasteiger partial charge in [-0.15, -0.1) is 0 Å². The summed E-state index contributed by atoms with van der Waals surface area (Å²) < 4.78 is 5.33. The Morgan fingerprint density at radius 3 is 1.96 bits per heavy atom. The van der Waals surface area contributed by atoms with E-state index in [1.165, 1.54) is 17.0 Å². The van der Waals surface area contributed by atoms with Gasteiger partial charge in [0.1, 0.15) is 0 Å². The van der Waals surface area contributed by atoms with Crippen LogP contribution in [0.1, 0.15) is 37.3 Å². The molecule has 119 valence electrons. The zero-order chi connectivity index (χ0) is 16.1. The number of ether oxygens (including phenoxy) is 1. The minimum atomic E-state index is -0.0423. The molecule has 1 aliphatic carbocycles. The molecule has 0 amide bonds. The topological polar surface area (TPSA) is 26.3 Å². The molecule has 23 heavy (non-hydrogen) atoms. The highest BCUT2D eigenvalue weighted by atomic mass is 16.5. The second-order valence-electron chi connectivity index (χ2n) is 6.04. The molecule has 1 saturated carbocycles. The maximum absolute atomic E-state index is 12.4. The van der Waals surface area contributed by atoms with Crippen LogP contribution < -0.4 is 0 Å². The second kappa shape index (κ2) is 7.45. The molecule has 0 saturated heterocycles. The van der Waals surface area contributed by atoms with Crippen molar-refractivity contribution in [3.05, 3.63) is 77.7 Å². The summed E-state index contributed by atoms with van der Waals surface area (Å²) in [7, 11) is 0. The fourth-order valence-electron chi connectivity index (χ4n) is 3.67. The van der Waals surface area contributed by atoms with Crippen LogP contribution in [-0.2, 0) is 9.53 Å². The van der Waals surface area contributed by atoms with Gasteiger partial charge in [0, 0.05) is 5.92 Å². The molecular weight excluding hydrogens is 284 g/mol. The molecule has 1 aliphatic rings. The van der Waals surface area contributed by atoms with Crippen LogP contribution in [0.2, 0.25) is 0 Å². The van der Waals surface area contributed by atoms with Crippen LogP contribution in [0, 0.1) is 17.8 Å².